The van der Waals surface area contributed by atoms with Crippen molar-refractivity contribution in [3.63, 3.8) is 0 Å². The van der Waals surface area contributed by atoms with Crippen LogP contribution < -0.4 is 9.80 Å². The van der Waals surface area contributed by atoms with E-state index in [2.05, 4.69) is 33.6 Å². The van der Waals surface area contributed by atoms with Crippen molar-refractivity contribution in [3.8, 4) is 0 Å². The van der Waals surface area contributed by atoms with Gasteiger partial charge in [0.1, 0.15) is 11.5 Å². The Bertz CT molecular complexity index is 812. The van der Waals surface area contributed by atoms with E-state index in [1.54, 1.807) is 18.2 Å². The Morgan fingerprint density at radius 2 is 1.59 bits per heavy atom. The van der Waals surface area contributed by atoms with E-state index >= 15 is 0 Å². The molecule has 0 aliphatic carbocycles. The van der Waals surface area contributed by atoms with Crippen molar-refractivity contribution in [2.75, 3.05) is 49.1 Å². The molecule has 29 heavy (non-hydrogen) atoms. The van der Waals surface area contributed by atoms with Crippen molar-refractivity contribution >= 4 is 17.5 Å². The molecule has 156 valence electrons. The van der Waals surface area contributed by atoms with Gasteiger partial charge in [0.2, 0.25) is 5.95 Å². The highest BCUT2D eigenvalue weighted by Gasteiger charge is 2.22. The Morgan fingerprint density at radius 1 is 1.00 bits per heavy atom. The van der Waals surface area contributed by atoms with Crippen LogP contribution in [0.25, 0.3) is 0 Å². The predicted molar refractivity (Wildman–Crippen MR) is 114 cm³/mol. The Balaban J connectivity index is 1.71. The van der Waals surface area contributed by atoms with Crippen LogP contribution in [0.1, 0.15) is 42.9 Å². The van der Waals surface area contributed by atoms with Gasteiger partial charge in [-0.05, 0) is 50.1 Å². The number of rotatable bonds is 7. The van der Waals surface area contributed by atoms with Gasteiger partial charge in [0.25, 0.3) is 5.91 Å². The molecule has 1 saturated heterocycles. The monoisotopic (exact) mass is 399 g/mol. The summed E-state index contributed by atoms with van der Waals surface area (Å²) >= 11 is 0. The fourth-order valence-electron chi connectivity index (χ4n) is 3.64. The normalized spacial score (nSPS) is 14.2. The van der Waals surface area contributed by atoms with Gasteiger partial charge in [-0.3, -0.25) is 4.79 Å². The summed E-state index contributed by atoms with van der Waals surface area (Å²) in [4.78, 5) is 28.4. The fraction of sp³-hybridized carbons (Fsp3) is 0.500. The lowest BCUT2D eigenvalue weighted by Gasteiger charge is -2.36. The number of aromatic nitrogens is 2. The predicted octanol–water partition coefficient (Wildman–Crippen LogP) is 3.51. The number of aryl methyl sites for hydroxylation is 1. The average Bonchev–Trinajstić information content (AvgIpc) is 2.73. The van der Waals surface area contributed by atoms with Crippen molar-refractivity contribution in [2.24, 2.45) is 0 Å². The van der Waals surface area contributed by atoms with E-state index in [0.717, 1.165) is 63.5 Å². The largest absolute Gasteiger partial charge is 0.368 e. The number of carbonyl (C=O) groups excluding carboxylic acids is 1. The minimum Gasteiger partial charge on any atom is -0.368 e. The lowest BCUT2D eigenvalue weighted by Crippen LogP contribution is -2.47. The molecule has 1 aromatic heterocycles. The van der Waals surface area contributed by atoms with Gasteiger partial charge in [-0.1, -0.05) is 13.8 Å². The van der Waals surface area contributed by atoms with Gasteiger partial charge >= 0.3 is 0 Å². The van der Waals surface area contributed by atoms with E-state index in [1.807, 2.05) is 11.8 Å². The Morgan fingerprint density at radius 3 is 2.17 bits per heavy atom. The van der Waals surface area contributed by atoms with Crippen molar-refractivity contribution in [3.05, 3.63) is 47.5 Å². The van der Waals surface area contributed by atoms with E-state index in [0.29, 0.717) is 11.6 Å². The van der Waals surface area contributed by atoms with Gasteiger partial charge in [-0.15, -0.1) is 0 Å². The van der Waals surface area contributed by atoms with Crippen LogP contribution in [0.2, 0.25) is 0 Å². The van der Waals surface area contributed by atoms with Gasteiger partial charge in [-0.2, -0.15) is 0 Å². The van der Waals surface area contributed by atoms with Crippen molar-refractivity contribution in [2.45, 2.75) is 33.6 Å². The minimum atomic E-state index is -0.224. The fourth-order valence-corrected chi connectivity index (χ4v) is 3.64. The highest BCUT2D eigenvalue weighted by Crippen LogP contribution is 2.20. The SMILES string of the molecule is CCCN(CCC)C(=O)c1cc(C)nc(N2CCN(c3ccc(F)cc3)CC2)n1. The first-order chi connectivity index (χ1) is 14.0. The molecule has 0 radical (unpaired) electrons. The molecule has 1 amide bonds. The van der Waals surface area contributed by atoms with E-state index in [9.17, 15) is 9.18 Å². The van der Waals surface area contributed by atoms with E-state index in [-0.39, 0.29) is 11.7 Å². The number of anilines is 2. The lowest BCUT2D eigenvalue weighted by molar-refractivity contribution is 0.0749. The van der Waals surface area contributed by atoms with Crippen molar-refractivity contribution in [1.29, 1.82) is 0 Å². The first-order valence-corrected chi connectivity index (χ1v) is 10.4. The van der Waals surface area contributed by atoms with Crippen LogP contribution in [0, 0.1) is 12.7 Å². The Hall–Kier alpha value is -2.70. The van der Waals surface area contributed by atoms with Gasteiger partial charge in [0.15, 0.2) is 0 Å². The molecule has 0 saturated carbocycles. The molecule has 0 N–H and O–H groups in total. The average molecular weight is 400 g/mol. The molecule has 0 unspecified atom stereocenters. The molecule has 6 nitrogen and oxygen atoms in total. The molecule has 0 atom stereocenters. The summed E-state index contributed by atoms with van der Waals surface area (Å²) in [7, 11) is 0. The third-order valence-electron chi connectivity index (χ3n) is 5.09. The maximum atomic E-state index is 13.2. The van der Waals surface area contributed by atoms with E-state index in [4.69, 9.17) is 0 Å². The topological polar surface area (TPSA) is 52.6 Å². The summed E-state index contributed by atoms with van der Waals surface area (Å²) in [6.07, 6.45) is 1.85. The number of carbonyl (C=O) groups is 1. The smallest absolute Gasteiger partial charge is 0.272 e. The lowest BCUT2D eigenvalue weighted by atomic mass is 10.2. The zero-order chi connectivity index (χ0) is 20.8. The highest BCUT2D eigenvalue weighted by molar-refractivity contribution is 5.92. The summed E-state index contributed by atoms with van der Waals surface area (Å²) in [5, 5.41) is 0. The summed E-state index contributed by atoms with van der Waals surface area (Å²) in [5.74, 6) is 0.364. The van der Waals surface area contributed by atoms with Crippen molar-refractivity contribution in [1.82, 2.24) is 14.9 Å². The highest BCUT2D eigenvalue weighted by atomic mass is 19.1. The second-order valence-corrected chi connectivity index (χ2v) is 7.44. The number of amides is 1. The molecular weight excluding hydrogens is 369 g/mol. The Kier molecular flexibility index (Phi) is 7.01. The molecule has 1 aromatic carbocycles. The van der Waals surface area contributed by atoms with Gasteiger partial charge < -0.3 is 14.7 Å². The van der Waals surface area contributed by atoms with Crippen molar-refractivity contribution < 1.29 is 9.18 Å². The zero-order valence-corrected chi connectivity index (χ0v) is 17.6. The molecule has 3 rings (SSSR count). The third-order valence-corrected chi connectivity index (χ3v) is 5.09. The van der Waals surface area contributed by atoms with Gasteiger partial charge in [-0.25, -0.2) is 14.4 Å². The number of nitrogens with zero attached hydrogens (tertiary/aromatic N) is 5. The third kappa shape index (κ3) is 5.22. The second kappa shape index (κ2) is 9.67. The zero-order valence-electron chi connectivity index (χ0n) is 17.6. The summed E-state index contributed by atoms with van der Waals surface area (Å²) < 4.78 is 13.2. The quantitative estimate of drug-likeness (QED) is 0.713. The number of piperazine rings is 1. The first kappa shape index (κ1) is 21.0. The molecule has 7 heteroatoms. The minimum absolute atomic E-state index is 0.0228. The molecule has 0 bridgehead atoms. The molecule has 1 fully saturated rings. The van der Waals surface area contributed by atoms with Crippen LogP contribution in [0.3, 0.4) is 0 Å². The summed E-state index contributed by atoms with van der Waals surface area (Å²) in [6.45, 7) is 10.6. The summed E-state index contributed by atoms with van der Waals surface area (Å²) in [6, 6.07) is 8.37. The second-order valence-electron chi connectivity index (χ2n) is 7.44. The van der Waals surface area contributed by atoms with Crippen LogP contribution in [-0.2, 0) is 0 Å². The molecule has 2 heterocycles. The molecule has 1 aliphatic rings. The maximum absolute atomic E-state index is 13.2. The number of benzene rings is 1. The van der Waals surface area contributed by atoms with Crippen LogP contribution in [0.4, 0.5) is 16.0 Å². The van der Waals surface area contributed by atoms with E-state index < -0.39 is 0 Å². The van der Waals surface area contributed by atoms with E-state index in [1.165, 1.54) is 12.1 Å². The number of hydrogen-bond acceptors (Lipinski definition) is 5. The number of halogens is 1. The first-order valence-electron chi connectivity index (χ1n) is 10.4. The van der Waals surface area contributed by atoms with Crippen LogP contribution in [-0.4, -0.2) is 60.0 Å². The number of hydrogen-bond donors (Lipinski definition) is 0. The molecule has 0 spiro atoms. The standard InChI is InChI=1S/C22H30FN5O/c1-4-10-27(11-5-2)21(29)20-16-17(3)24-22(25-20)28-14-12-26(13-15-28)19-8-6-18(23)7-9-19/h6-9,16H,4-5,10-15H2,1-3H3. The Labute approximate surface area is 172 Å². The van der Waals surface area contributed by atoms with Gasteiger partial charge in [0, 0.05) is 50.6 Å². The van der Waals surface area contributed by atoms with Crippen LogP contribution in [0.5, 0.6) is 0 Å². The summed E-state index contributed by atoms with van der Waals surface area (Å²) in [5.41, 5.74) is 2.28. The van der Waals surface area contributed by atoms with Crippen LogP contribution in [0.15, 0.2) is 30.3 Å². The maximum Gasteiger partial charge on any atom is 0.272 e. The molecule has 2 aromatic rings. The molecular formula is C22H30FN5O. The van der Waals surface area contributed by atoms with Gasteiger partial charge in [0.05, 0.1) is 0 Å². The molecule has 1 aliphatic heterocycles. The van der Waals surface area contributed by atoms with Crippen LogP contribution >= 0.6 is 0 Å².